The first-order chi connectivity index (χ1) is 13.4. The van der Waals surface area contributed by atoms with Crippen molar-refractivity contribution in [3.8, 4) is 0 Å². The zero-order chi connectivity index (χ0) is 20.1. The molecular formula is C22H27FN4O. The number of guanidine groups is 1. The first-order valence-electron chi connectivity index (χ1n) is 9.49. The number of amides is 1. The number of hydrogen-bond donors (Lipinski definition) is 3. The minimum atomic E-state index is -0.402. The molecule has 0 aliphatic carbocycles. The fourth-order valence-electron chi connectivity index (χ4n) is 3.53. The molecule has 0 spiro atoms. The van der Waals surface area contributed by atoms with Gasteiger partial charge in [0.25, 0.3) is 0 Å². The van der Waals surface area contributed by atoms with E-state index >= 15 is 0 Å². The predicted molar refractivity (Wildman–Crippen MR) is 111 cm³/mol. The van der Waals surface area contributed by atoms with E-state index in [9.17, 15) is 9.18 Å². The van der Waals surface area contributed by atoms with Gasteiger partial charge >= 0.3 is 0 Å². The maximum Gasteiger partial charge on any atom is 0.225 e. The van der Waals surface area contributed by atoms with E-state index in [1.807, 2.05) is 50.2 Å². The van der Waals surface area contributed by atoms with Crippen LogP contribution in [0, 0.1) is 5.82 Å². The topological polar surface area (TPSA) is 65.5 Å². The summed E-state index contributed by atoms with van der Waals surface area (Å²) in [4.78, 5) is 16.2. The van der Waals surface area contributed by atoms with Gasteiger partial charge in [-0.25, -0.2) is 4.39 Å². The summed E-state index contributed by atoms with van der Waals surface area (Å²) in [5.41, 5.74) is 2.25. The standard InChI is InChI=1S/C22H27FN4O/c1-22(2,17-9-5-6-10-18(17)23)14-26-21(24-3)25-13-15-12-20(28)27-19-11-7-4-8-16(15)19/h4-11,15H,12-14H2,1-3H3,(H,27,28)(H2,24,25,26). The third kappa shape index (κ3) is 4.50. The molecular weight excluding hydrogens is 355 g/mol. The highest BCUT2D eigenvalue weighted by Crippen LogP contribution is 2.31. The van der Waals surface area contributed by atoms with Crippen molar-refractivity contribution in [3.63, 3.8) is 0 Å². The summed E-state index contributed by atoms with van der Waals surface area (Å²) in [5, 5.41) is 9.50. The Balaban J connectivity index is 1.61. The second-order valence-electron chi connectivity index (χ2n) is 7.71. The summed E-state index contributed by atoms with van der Waals surface area (Å²) in [5.74, 6) is 0.521. The number of nitrogens with one attached hydrogen (secondary N) is 3. The molecule has 2 aromatic carbocycles. The van der Waals surface area contributed by atoms with Gasteiger partial charge in [0.15, 0.2) is 5.96 Å². The van der Waals surface area contributed by atoms with E-state index in [1.54, 1.807) is 13.1 Å². The number of rotatable bonds is 5. The minimum absolute atomic E-state index is 0.0223. The van der Waals surface area contributed by atoms with E-state index in [-0.39, 0.29) is 17.6 Å². The Hall–Kier alpha value is -2.89. The Labute approximate surface area is 165 Å². The molecule has 0 bridgehead atoms. The van der Waals surface area contributed by atoms with Gasteiger partial charge in [0, 0.05) is 43.6 Å². The summed E-state index contributed by atoms with van der Waals surface area (Å²) in [7, 11) is 1.70. The van der Waals surface area contributed by atoms with E-state index < -0.39 is 5.41 Å². The van der Waals surface area contributed by atoms with Gasteiger partial charge in [0.05, 0.1) is 0 Å². The lowest BCUT2D eigenvalue weighted by Gasteiger charge is -2.29. The monoisotopic (exact) mass is 382 g/mol. The summed E-state index contributed by atoms with van der Waals surface area (Å²) in [6.07, 6.45) is 0.432. The smallest absolute Gasteiger partial charge is 0.225 e. The molecule has 0 fully saturated rings. The molecule has 0 saturated heterocycles. The van der Waals surface area contributed by atoms with Gasteiger partial charge in [0.2, 0.25) is 5.91 Å². The van der Waals surface area contributed by atoms with Crippen molar-refractivity contribution in [2.45, 2.75) is 31.6 Å². The maximum atomic E-state index is 14.1. The van der Waals surface area contributed by atoms with Gasteiger partial charge in [-0.15, -0.1) is 0 Å². The van der Waals surface area contributed by atoms with Crippen molar-refractivity contribution in [2.24, 2.45) is 4.99 Å². The minimum Gasteiger partial charge on any atom is -0.356 e. The second kappa shape index (κ2) is 8.42. The molecule has 1 aliphatic heterocycles. The highest BCUT2D eigenvalue weighted by molar-refractivity contribution is 5.94. The van der Waals surface area contributed by atoms with Crippen LogP contribution >= 0.6 is 0 Å². The summed E-state index contributed by atoms with van der Waals surface area (Å²) in [6.45, 7) is 5.10. The van der Waals surface area contributed by atoms with Crippen molar-refractivity contribution in [1.82, 2.24) is 10.6 Å². The molecule has 3 rings (SSSR count). The van der Waals surface area contributed by atoms with E-state index in [0.717, 1.165) is 11.3 Å². The Morgan fingerprint density at radius 1 is 1.18 bits per heavy atom. The molecule has 28 heavy (non-hydrogen) atoms. The number of carbonyl (C=O) groups is 1. The molecule has 3 N–H and O–H groups in total. The Morgan fingerprint density at radius 3 is 2.64 bits per heavy atom. The lowest BCUT2D eigenvalue weighted by Crippen LogP contribution is -2.45. The van der Waals surface area contributed by atoms with Crippen molar-refractivity contribution >= 4 is 17.6 Å². The van der Waals surface area contributed by atoms with Crippen molar-refractivity contribution in [2.75, 3.05) is 25.5 Å². The van der Waals surface area contributed by atoms with Crippen LogP contribution in [-0.4, -0.2) is 32.0 Å². The average Bonchev–Trinajstić information content (AvgIpc) is 2.68. The molecule has 1 amide bonds. The second-order valence-corrected chi connectivity index (χ2v) is 7.71. The molecule has 0 aromatic heterocycles. The number of benzene rings is 2. The number of fused-ring (bicyclic) bond motifs is 1. The van der Waals surface area contributed by atoms with Gasteiger partial charge < -0.3 is 16.0 Å². The lowest BCUT2D eigenvalue weighted by atomic mass is 9.84. The number of anilines is 1. The highest BCUT2D eigenvalue weighted by atomic mass is 19.1. The zero-order valence-corrected chi connectivity index (χ0v) is 16.6. The zero-order valence-electron chi connectivity index (χ0n) is 16.6. The SMILES string of the molecule is CN=C(NCC1CC(=O)Nc2ccccc21)NCC(C)(C)c1ccccc1F. The van der Waals surface area contributed by atoms with Crippen LogP contribution in [0.1, 0.15) is 37.3 Å². The highest BCUT2D eigenvalue weighted by Gasteiger charge is 2.26. The van der Waals surface area contributed by atoms with Crippen LogP contribution in [0.2, 0.25) is 0 Å². The number of para-hydroxylation sites is 1. The molecule has 148 valence electrons. The van der Waals surface area contributed by atoms with E-state index in [0.29, 0.717) is 31.0 Å². The molecule has 6 heteroatoms. The fourth-order valence-corrected chi connectivity index (χ4v) is 3.53. The normalized spacial score (nSPS) is 16.9. The average molecular weight is 382 g/mol. The number of carbonyl (C=O) groups excluding carboxylic acids is 1. The predicted octanol–water partition coefficient (Wildman–Crippen LogP) is 3.39. The third-order valence-corrected chi connectivity index (χ3v) is 5.15. The van der Waals surface area contributed by atoms with Gasteiger partial charge in [-0.3, -0.25) is 9.79 Å². The number of hydrogen-bond acceptors (Lipinski definition) is 2. The molecule has 1 heterocycles. The van der Waals surface area contributed by atoms with Crippen LogP contribution in [-0.2, 0) is 10.2 Å². The van der Waals surface area contributed by atoms with Gasteiger partial charge in [-0.1, -0.05) is 50.2 Å². The Kier molecular flexibility index (Phi) is 5.97. The van der Waals surface area contributed by atoms with E-state index in [1.165, 1.54) is 6.07 Å². The molecule has 0 saturated carbocycles. The summed E-state index contributed by atoms with van der Waals surface area (Å²) in [6, 6.07) is 14.7. The van der Waals surface area contributed by atoms with Crippen molar-refractivity contribution in [3.05, 3.63) is 65.5 Å². The van der Waals surface area contributed by atoms with Crippen LogP contribution < -0.4 is 16.0 Å². The van der Waals surface area contributed by atoms with Gasteiger partial charge in [-0.05, 0) is 23.3 Å². The number of nitrogens with zero attached hydrogens (tertiary/aromatic N) is 1. The maximum absolute atomic E-state index is 14.1. The Morgan fingerprint density at radius 2 is 1.89 bits per heavy atom. The van der Waals surface area contributed by atoms with Gasteiger partial charge in [-0.2, -0.15) is 0 Å². The van der Waals surface area contributed by atoms with Crippen LogP contribution in [0.15, 0.2) is 53.5 Å². The van der Waals surface area contributed by atoms with Gasteiger partial charge in [0.1, 0.15) is 5.82 Å². The van der Waals surface area contributed by atoms with Crippen LogP contribution in [0.5, 0.6) is 0 Å². The number of halogens is 1. The van der Waals surface area contributed by atoms with Crippen LogP contribution in [0.25, 0.3) is 0 Å². The third-order valence-electron chi connectivity index (χ3n) is 5.15. The fraction of sp³-hybridized carbons (Fsp3) is 0.364. The van der Waals surface area contributed by atoms with Crippen LogP contribution in [0.4, 0.5) is 10.1 Å². The molecule has 1 aliphatic rings. The van der Waals surface area contributed by atoms with E-state index in [2.05, 4.69) is 20.9 Å². The molecule has 1 unspecified atom stereocenters. The Bertz CT molecular complexity index is 878. The van der Waals surface area contributed by atoms with Crippen molar-refractivity contribution in [1.29, 1.82) is 0 Å². The summed E-state index contributed by atoms with van der Waals surface area (Å²) >= 11 is 0. The molecule has 0 radical (unpaired) electrons. The first kappa shape index (κ1) is 19.9. The summed E-state index contributed by atoms with van der Waals surface area (Å²) < 4.78 is 14.1. The molecule has 2 aromatic rings. The lowest BCUT2D eigenvalue weighted by molar-refractivity contribution is -0.116. The molecule has 1 atom stereocenters. The van der Waals surface area contributed by atoms with Crippen molar-refractivity contribution < 1.29 is 9.18 Å². The quantitative estimate of drug-likeness (QED) is 0.549. The van der Waals surface area contributed by atoms with E-state index in [4.69, 9.17) is 0 Å². The molecule has 5 nitrogen and oxygen atoms in total. The largest absolute Gasteiger partial charge is 0.356 e. The number of aliphatic imine (C=N–C) groups is 1. The van der Waals surface area contributed by atoms with Crippen LogP contribution in [0.3, 0.4) is 0 Å². The first-order valence-corrected chi connectivity index (χ1v) is 9.49.